The first-order chi connectivity index (χ1) is 16.1. The van der Waals surface area contributed by atoms with Gasteiger partial charge in [-0.15, -0.1) is 0 Å². The molecule has 0 aliphatic heterocycles. The van der Waals surface area contributed by atoms with E-state index in [4.69, 9.17) is 27.9 Å². The van der Waals surface area contributed by atoms with Crippen LogP contribution < -0.4 is 19.1 Å². The molecule has 1 rings (SSSR count). The molecule has 1 aromatic carbocycles. The fourth-order valence-corrected chi connectivity index (χ4v) is 3.94. The van der Waals surface area contributed by atoms with Gasteiger partial charge in [-0.1, -0.05) is 17.7 Å². The van der Waals surface area contributed by atoms with Gasteiger partial charge in [-0.3, -0.25) is 13.7 Å². The van der Waals surface area contributed by atoms with E-state index in [1.54, 1.807) is 0 Å². The van der Waals surface area contributed by atoms with Crippen molar-refractivity contribution in [2.45, 2.75) is 19.3 Å². The van der Waals surface area contributed by atoms with Crippen molar-refractivity contribution in [2.75, 3.05) is 37.1 Å². The largest absolute Gasteiger partial charge is 0.489 e. The van der Waals surface area contributed by atoms with E-state index in [1.807, 2.05) is 4.89 Å². The van der Waals surface area contributed by atoms with Crippen molar-refractivity contribution >= 4 is 49.1 Å². The Morgan fingerprint density at radius 1 is 0.743 bits per heavy atom. The maximum Gasteiger partial charge on any atom is 0.357 e. The number of carbonyl (C=O) groups is 1. The Labute approximate surface area is 207 Å². The Morgan fingerprint density at radius 2 is 1.11 bits per heavy atom. The van der Waals surface area contributed by atoms with Crippen LogP contribution in [0.25, 0.3) is 0 Å². The molecule has 0 radical (unpaired) electrons. The van der Waals surface area contributed by atoms with E-state index in [0.717, 1.165) is 12.1 Å². The molecule has 0 bridgehead atoms. The molecule has 19 heteroatoms. The van der Waals surface area contributed by atoms with Crippen LogP contribution in [0, 0.1) is 0 Å². The Kier molecular flexibility index (Phi) is 12.5. The van der Waals surface area contributed by atoms with E-state index in [2.05, 4.69) is 17.7 Å². The van der Waals surface area contributed by atoms with Gasteiger partial charge in [0.2, 0.25) is 5.75 Å². The highest BCUT2D eigenvalue weighted by atomic mass is 32.2. The summed E-state index contributed by atoms with van der Waals surface area (Å²) in [5.41, 5.74) is -0.161. The second kappa shape index (κ2) is 14.0. The van der Waals surface area contributed by atoms with Crippen molar-refractivity contribution in [2.24, 2.45) is 0 Å². The van der Waals surface area contributed by atoms with Gasteiger partial charge in [0.1, 0.15) is 0 Å². The van der Waals surface area contributed by atoms with Gasteiger partial charge in [-0.2, -0.15) is 25.3 Å². The second-order valence-electron chi connectivity index (χ2n) is 6.75. The van der Waals surface area contributed by atoms with Crippen LogP contribution in [0.5, 0.6) is 17.2 Å². The number of nitrogens with one attached hydrogen (secondary N) is 1. The van der Waals surface area contributed by atoms with Gasteiger partial charge in [0.05, 0.1) is 42.6 Å². The van der Waals surface area contributed by atoms with Crippen LogP contribution in [0.4, 0.5) is 0 Å². The molecule has 0 unspecified atom stereocenters. The summed E-state index contributed by atoms with van der Waals surface area (Å²) in [4.78, 5) is 18.6. The number of ether oxygens (including phenoxy) is 3. The maximum absolute atomic E-state index is 12.1. The number of rotatable bonds is 17. The monoisotopic (exact) mass is 583 g/mol. The van der Waals surface area contributed by atoms with E-state index in [9.17, 15) is 30.0 Å². The summed E-state index contributed by atoms with van der Waals surface area (Å²) < 4.78 is 108. The highest BCUT2D eigenvalue weighted by Gasteiger charge is 2.21. The third-order valence-electron chi connectivity index (χ3n) is 3.80. The Morgan fingerprint density at radius 3 is 1.46 bits per heavy atom. The molecule has 4 N–H and O–H groups in total. The number of thiol groups is 1. The minimum absolute atomic E-state index is 0.154. The summed E-state index contributed by atoms with van der Waals surface area (Å²) in [5.74, 6) is -3.31. The highest BCUT2D eigenvalue weighted by Crippen LogP contribution is 2.39. The average Bonchev–Trinajstić information content (AvgIpc) is 2.70. The lowest BCUT2D eigenvalue weighted by Crippen LogP contribution is -2.15. The Balaban J connectivity index is 3.22. The molecule has 0 atom stereocenters. The third-order valence-corrected chi connectivity index (χ3v) is 6.30. The lowest BCUT2D eigenvalue weighted by Gasteiger charge is -2.18. The number of benzene rings is 1. The fourth-order valence-electron chi connectivity index (χ4n) is 2.41. The lowest BCUT2D eigenvalue weighted by molar-refractivity contribution is 0.0428. The molecule has 0 aliphatic carbocycles. The van der Waals surface area contributed by atoms with Gasteiger partial charge in [0.15, 0.2) is 11.5 Å². The van der Waals surface area contributed by atoms with Crippen molar-refractivity contribution < 1.29 is 62.8 Å². The number of carbonyl (C=O) groups excluding carboxylic acids is 1. The van der Waals surface area contributed by atoms with Crippen LogP contribution in [-0.2, 0) is 35.2 Å². The van der Waals surface area contributed by atoms with Gasteiger partial charge < -0.3 is 19.0 Å². The molecule has 0 aromatic heterocycles. The van der Waals surface area contributed by atoms with Crippen LogP contribution in [0.15, 0.2) is 12.1 Å². The zero-order valence-corrected chi connectivity index (χ0v) is 21.4. The SMILES string of the molecule is O=C(ONS)c1cc(OCCCS(=O)(=O)O)c(OCCCS(=O)(=O)O)c(OCCCS(=O)(=O)O)c1. The Hall–Kier alpha value is -1.87. The normalized spacial score (nSPS) is 12.2. The zero-order valence-electron chi connectivity index (χ0n) is 18.0. The molecular formula is C16H25NO14S4. The molecule has 1 aromatic rings. The van der Waals surface area contributed by atoms with Gasteiger partial charge >= 0.3 is 5.97 Å². The molecule has 202 valence electrons. The minimum atomic E-state index is -4.27. The van der Waals surface area contributed by atoms with Gasteiger partial charge in [0.25, 0.3) is 30.4 Å². The lowest BCUT2D eigenvalue weighted by atomic mass is 10.2. The maximum atomic E-state index is 12.1. The van der Waals surface area contributed by atoms with Gasteiger partial charge in [-0.05, 0) is 31.4 Å². The Bertz CT molecular complexity index is 1100. The molecule has 0 fully saturated rings. The fraction of sp³-hybridized carbons (Fsp3) is 0.562. The van der Waals surface area contributed by atoms with E-state index >= 15 is 0 Å². The summed E-state index contributed by atoms with van der Waals surface area (Å²) in [7, 11) is -12.8. The first kappa shape index (κ1) is 31.2. The topological polar surface area (TPSA) is 229 Å². The zero-order chi connectivity index (χ0) is 26.7. The van der Waals surface area contributed by atoms with Crippen molar-refractivity contribution in [3.8, 4) is 17.2 Å². The standard InChI is InChI=1S/C16H25NO14S4/c18-16(31-17-32)12-10-13(28-4-1-7-33(19,20)21)15(30-6-3-9-35(25,26)27)14(11-12)29-5-2-8-34(22,23)24/h10-11,17,32H,1-9H2,(H,19,20,21)(H,22,23,24)(H,25,26,27). The van der Waals surface area contributed by atoms with Crippen LogP contribution in [0.3, 0.4) is 0 Å². The second-order valence-corrected chi connectivity index (χ2v) is 11.6. The van der Waals surface area contributed by atoms with Gasteiger partial charge in [-0.25, -0.2) is 4.79 Å². The van der Waals surface area contributed by atoms with Gasteiger partial charge in [0, 0.05) is 0 Å². The average molecular weight is 584 g/mol. The molecular weight excluding hydrogens is 558 g/mol. The van der Waals surface area contributed by atoms with Crippen molar-refractivity contribution in [3.63, 3.8) is 0 Å². The van der Waals surface area contributed by atoms with Crippen LogP contribution in [-0.4, -0.2) is 82.0 Å². The quantitative estimate of drug-likeness (QED) is 0.0712. The van der Waals surface area contributed by atoms with E-state index in [0.29, 0.717) is 0 Å². The van der Waals surface area contributed by atoms with Crippen molar-refractivity contribution in [1.29, 1.82) is 0 Å². The van der Waals surface area contributed by atoms with E-state index in [1.165, 1.54) is 0 Å². The first-order valence-corrected chi connectivity index (χ1v) is 14.9. The third kappa shape index (κ3) is 14.3. The van der Waals surface area contributed by atoms with Crippen LogP contribution >= 0.6 is 12.8 Å². The summed E-state index contributed by atoms with van der Waals surface area (Å²) in [6.45, 7) is -0.816. The molecule has 0 amide bonds. The predicted octanol–water partition coefficient (Wildman–Crippen LogP) is 0.163. The van der Waals surface area contributed by atoms with Crippen molar-refractivity contribution in [1.82, 2.24) is 4.89 Å². The number of hydrogen-bond donors (Lipinski definition) is 5. The number of hydrogen-bond acceptors (Lipinski definition) is 13. The molecule has 35 heavy (non-hydrogen) atoms. The van der Waals surface area contributed by atoms with Crippen LogP contribution in [0.1, 0.15) is 29.6 Å². The van der Waals surface area contributed by atoms with Crippen molar-refractivity contribution in [3.05, 3.63) is 17.7 Å². The first-order valence-electron chi connectivity index (χ1n) is 9.63. The summed E-state index contributed by atoms with van der Waals surface area (Å²) in [6, 6.07) is 2.29. The van der Waals surface area contributed by atoms with E-state index in [-0.39, 0.29) is 61.9 Å². The molecule has 0 saturated heterocycles. The molecule has 0 saturated carbocycles. The summed E-state index contributed by atoms with van der Waals surface area (Å²) >= 11 is 3.54. The predicted molar refractivity (Wildman–Crippen MR) is 124 cm³/mol. The van der Waals surface area contributed by atoms with Crippen LogP contribution in [0.2, 0.25) is 0 Å². The highest BCUT2D eigenvalue weighted by molar-refractivity contribution is 7.86. The smallest absolute Gasteiger partial charge is 0.357 e. The molecule has 0 heterocycles. The summed E-state index contributed by atoms with van der Waals surface area (Å²) in [5, 5.41) is 0. The molecule has 0 spiro atoms. The van der Waals surface area contributed by atoms with E-state index < -0.39 is 53.6 Å². The minimum Gasteiger partial charge on any atom is -0.489 e. The molecule has 0 aliphatic rings. The summed E-state index contributed by atoms with van der Waals surface area (Å²) in [6.07, 6.45) is -0.465. The molecule has 15 nitrogen and oxygen atoms in total.